The van der Waals surface area contributed by atoms with E-state index in [2.05, 4.69) is 4.99 Å². The maximum absolute atomic E-state index is 11.7. The summed E-state index contributed by atoms with van der Waals surface area (Å²) in [7, 11) is 0. The van der Waals surface area contributed by atoms with Crippen molar-refractivity contribution in [1.29, 1.82) is 0 Å². The van der Waals surface area contributed by atoms with Gasteiger partial charge in [0.25, 0.3) is 5.90 Å². The second kappa shape index (κ2) is 5.15. The number of aliphatic imine (C=N–C) groups is 1. The Morgan fingerprint density at radius 1 is 1.20 bits per heavy atom. The molecule has 1 aliphatic rings. The third-order valence-electron chi connectivity index (χ3n) is 2.61. The highest BCUT2D eigenvalue weighted by atomic mass is 35.5. The molecular formula is C14H7Cl2NO3. The van der Waals surface area contributed by atoms with Gasteiger partial charge in [0.2, 0.25) is 0 Å². The first kappa shape index (κ1) is 13.0. The molecule has 0 aliphatic carbocycles. The molecule has 0 saturated heterocycles. The number of hydrogen-bond donors (Lipinski definition) is 0. The van der Waals surface area contributed by atoms with Crippen molar-refractivity contribution in [1.82, 2.24) is 0 Å². The van der Waals surface area contributed by atoms with Crippen molar-refractivity contribution >= 4 is 41.1 Å². The number of halogens is 2. The number of rotatable bonds is 2. The van der Waals surface area contributed by atoms with Crippen LogP contribution in [0.3, 0.4) is 0 Å². The SMILES string of the molecule is O=C1OC(c2ccco2)=N/C1=C\c1ccc(Cl)cc1Cl. The minimum absolute atomic E-state index is 0.135. The number of furan rings is 1. The summed E-state index contributed by atoms with van der Waals surface area (Å²) in [6.07, 6.45) is 3.01. The molecule has 1 aliphatic heterocycles. The van der Waals surface area contributed by atoms with Crippen molar-refractivity contribution in [2.75, 3.05) is 0 Å². The maximum Gasteiger partial charge on any atom is 0.363 e. The molecule has 2 heterocycles. The number of carbonyl (C=O) groups is 1. The normalized spacial score (nSPS) is 16.4. The second-order valence-electron chi connectivity index (χ2n) is 3.98. The average molecular weight is 308 g/mol. The molecule has 4 nitrogen and oxygen atoms in total. The third kappa shape index (κ3) is 2.48. The van der Waals surface area contributed by atoms with Crippen LogP contribution in [0.25, 0.3) is 6.08 Å². The minimum atomic E-state index is -0.553. The Labute approximate surface area is 124 Å². The van der Waals surface area contributed by atoms with Crippen LogP contribution in [0.5, 0.6) is 0 Å². The summed E-state index contributed by atoms with van der Waals surface area (Å²) in [5.41, 5.74) is 0.785. The summed E-state index contributed by atoms with van der Waals surface area (Å²) in [6.45, 7) is 0. The smallest absolute Gasteiger partial charge is 0.363 e. The van der Waals surface area contributed by atoms with Gasteiger partial charge in [-0.3, -0.25) is 0 Å². The Morgan fingerprint density at radius 2 is 2.05 bits per heavy atom. The predicted octanol–water partition coefficient (Wildman–Crippen LogP) is 3.93. The third-order valence-corrected chi connectivity index (χ3v) is 3.17. The van der Waals surface area contributed by atoms with Gasteiger partial charge in [-0.1, -0.05) is 29.3 Å². The van der Waals surface area contributed by atoms with Gasteiger partial charge in [0.1, 0.15) is 0 Å². The van der Waals surface area contributed by atoms with Gasteiger partial charge in [-0.05, 0) is 35.9 Å². The van der Waals surface area contributed by atoms with Gasteiger partial charge < -0.3 is 9.15 Å². The van der Waals surface area contributed by atoms with Gasteiger partial charge >= 0.3 is 5.97 Å². The van der Waals surface area contributed by atoms with E-state index >= 15 is 0 Å². The molecule has 1 aromatic heterocycles. The summed E-state index contributed by atoms with van der Waals surface area (Å²) in [5.74, 6) is -0.0253. The predicted molar refractivity (Wildman–Crippen MR) is 75.8 cm³/mol. The van der Waals surface area contributed by atoms with Crippen LogP contribution < -0.4 is 0 Å². The molecule has 100 valence electrons. The van der Waals surface area contributed by atoms with E-state index in [1.807, 2.05) is 0 Å². The molecule has 2 aromatic rings. The van der Waals surface area contributed by atoms with E-state index < -0.39 is 5.97 Å². The van der Waals surface area contributed by atoms with Crippen molar-refractivity contribution in [2.24, 2.45) is 4.99 Å². The van der Waals surface area contributed by atoms with Crippen molar-refractivity contribution in [3.05, 3.63) is 63.7 Å². The van der Waals surface area contributed by atoms with Crippen LogP contribution in [0.15, 0.2) is 51.7 Å². The van der Waals surface area contributed by atoms with E-state index in [1.54, 1.807) is 30.3 Å². The molecule has 20 heavy (non-hydrogen) atoms. The number of benzene rings is 1. The summed E-state index contributed by atoms with van der Waals surface area (Å²) in [5, 5.41) is 0.949. The lowest BCUT2D eigenvalue weighted by atomic mass is 10.2. The van der Waals surface area contributed by atoms with E-state index in [0.29, 0.717) is 21.4 Å². The Morgan fingerprint density at radius 3 is 2.75 bits per heavy atom. The first-order valence-electron chi connectivity index (χ1n) is 5.65. The number of hydrogen-bond acceptors (Lipinski definition) is 4. The topological polar surface area (TPSA) is 51.8 Å². The molecule has 0 spiro atoms. The Balaban J connectivity index is 1.97. The number of esters is 1. The van der Waals surface area contributed by atoms with Crippen LogP contribution in [0.2, 0.25) is 10.0 Å². The van der Waals surface area contributed by atoms with Crippen molar-refractivity contribution in [2.45, 2.75) is 0 Å². The van der Waals surface area contributed by atoms with Crippen molar-refractivity contribution in [3.8, 4) is 0 Å². The molecule has 1 aromatic carbocycles. The molecule has 0 N–H and O–H groups in total. The average Bonchev–Trinajstić information content (AvgIpc) is 3.03. The molecule has 0 saturated carbocycles. The molecule has 0 amide bonds. The van der Waals surface area contributed by atoms with Gasteiger partial charge in [-0.25, -0.2) is 9.79 Å². The standard InChI is InChI=1S/C14H7Cl2NO3/c15-9-4-3-8(10(16)7-9)6-11-14(18)20-13(17-11)12-2-1-5-19-12/h1-7H/b11-6-. The molecular weight excluding hydrogens is 301 g/mol. The summed E-state index contributed by atoms with van der Waals surface area (Å²) in [6, 6.07) is 8.31. The molecule has 0 atom stereocenters. The van der Waals surface area contributed by atoms with Gasteiger partial charge in [-0.15, -0.1) is 0 Å². The fourth-order valence-corrected chi connectivity index (χ4v) is 2.14. The summed E-state index contributed by atoms with van der Waals surface area (Å²) < 4.78 is 10.2. The van der Waals surface area contributed by atoms with Gasteiger partial charge in [0.05, 0.1) is 6.26 Å². The van der Waals surface area contributed by atoms with Gasteiger partial charge in [0, 0.05) is 10.0 Å². The second-order valence-corrected chi connectivity index (χ2v) is 4.82. The van der Waals surface area contributed by atoms with Crippen LogP contribution in [0.1, 0.15) is 11.3 Å². The lowest BCUT2D eigenvalue weighted by molar-refractivity contribution is -0.130. The van der Waals surface area contributed by atoms with Gasteiger partial charge in [-0.2, -0.15) is 0 Å². The number of nitrogens with zero attached hydrogens (tertiary/aromatic N) is 1. The van der Waals surface area contributed by atoms with Crippen LogP contribution in [0.4, 0.5) is 0 Å². The highest BCUT2D eigenvalue weighted by Gasteiger charge is 2.25. The van der Waals surface area contributed by atoms with E-state index in [1.165, 1.54) is 12.3 Å². The molecule has 0 bridgehead atoms. The summed E-state index contributed by atoms with van der Waals surface area (Å²) >= 11 is 11.9. The highest BCUT2D eigenvalue weighted by molar-refractivity contribution is 6.35. The Bertz CT molecular complexity index is 733. The highest BCUT2D eigenvalue weighted by Crippen LogP contribution is 2.25. The van der Waals surface area contributed by atoms with E-state index in [0.717, 1.165) is 0 Å². The molecule has 0 fully saturated rings. The minimum Gasteiger partial charge on any atom is -0.459 e. The van der Waals surface area contributed by atoms with Crippen LogP contribution >= 0.6 is 23.2 Å². The van der Waals surface area contributed by atoms with Crippen LogP contribution in [-0.4, -0.2) is 11.9 Å². The monoisotopic (exact) mass is 307 g/mol. The van der Waals surface area contributed by atoms with Crippen molar-refractivity contribution < 1.29 is 13.9 Å². The summed E-state index contributed by atoms with van der Waals surface area (Å²) in [4.78, 5) is 15.8. The van der Waals surface area contributed by atoms with Crippen LogP contribution in [-0.2, 0) is 9.53 Å². The lowest BCUT2D eigenvalue weighted by Crippen LogP contribution is -2.04. The van der Waals surface area contributed by atoms with E-state index in [4.69, 9.17) is 32.4 Å². The Hall–Kier alpha value is -2.04. The first-order valence-corrected chi connectivity index (χ1v) is 6.40. The number of cyclic esters (lactones) is 1. The van der Waals surface area contributed by atoms with Gasteiger partial charge in [0.15, 0.2) is 11.5 Å². The largest absolute Gasteiger partial charge is 0.459 e. The van der Waals surface area contributed by atoms with E-state index in [-0.39, 0.29) is 11.6 Å². The zero-order valence-corrected chi connectivity index (χ0v) is 11.5. The molecule has 0 radical (unpaired) electrons. The zero-order chi connectivity index (χ0) is 14.1. The fourth-order valence-electron chi connectivity index (χ4n) is 1.68. The quantitative estimate of drug-likeness (QED) is 0.624. The molecule has 3 rings (SSSR count). The number of ether oxygens (including phenoxy) is 1. The zero-order valence-electron chi connectivity index (χ0n) is 9.97. The Kier molecular flexibility index (Phi) is 3.34. The lowest BCUT2D eigenvalue weighted by Gasteiger charge is -1.98. The molecule has 6 heteroatoms. The molecule has 0 unspecified atom stereocenters. The fraction of sp³-hybridized carbons (Fsp3) is 0. The van der Waals surface area contributed by atoms with Crippen molar-refractivity contribution in [3.63, 3.8) is 0 Å². The first-order chi connectivity index (χ1) is 9.63. The maximum atomic E-state index is 11.7. The van der Waals surface area contributed by atoms with E-state index in [9.17, 15) is 4.79 Å². The number of carbonyl (C=O) groups excluding carboxylic acids is 1. The van der Waals surface area contributed by atoms with Crippen LogP contribution in [0, 0.1) is 0 Å².